The van der Waals surface area contributed by atoms with Gasteiger partial charge in [-0.25, -0.2) is 18.6 Å². The number of anilines is 1. The summed E-state index contributed by atoms with van der Waals surface area (Å²) in [6, 6.07) is 0.243. The molecule has 2 aliphatic rings. The lowest BCUT2D eigenvalue weighted by atomic mass is 10.1. The Hall–Kier alpha value is -2.19. The van der Waals surface area contributed by atoms with E-state index in [1.54, 1.807) is 0 Å². The molecule has 1 aliphatic heterocycles. The third kappa shape index (κ3) is 5.54. The lowest BCUT2D eigenvalue weighted by Crippen LogP contribution is -2.41. The van der Waals surface area contributed by atoms with E-state index in [-0.39, 0.29) is 17.0 Å². The first-order chi connectivity index (χ1) is 17.2. The molecule has 4 rings (SSSR count). The molecule has 1 saturated carbocycles. The monoisotopic (exact) mass is 547 g/mol. The summed E-state index contributed by atoms with van der Waals surface area (Å²) in [6.45, 7) is -0.912. The van der Waals surface area contributed by atoms with Crippen molar-refractivity contribution in [1.82, 2.24) is 19.7 Å². The van der Waals surface area contributed by atoms with Gasteiger partial charge in [-0.2, -0.15) is 15.1 Å². The van der Waals surface area contributed by atoms with E-state index in [0.29, 0.717) is 11.2 Å². The number of nitrogens with one attached hydrogen (secondary N) is 1. The Bertz CT molecular complexity index is 1150. The Labute approximate surface area is 210 Å². The van der Waals surface area contributed by atoms with Gasteiger partial charge in [0.2, 0.25) is 5.28 Å². The number of carbonyl (C=O) groups is 1. The fraction of sp³-hybridized carbons (Fsp3) is 0.700. The van der Waals surface area contributed by atoms with E-state index in [2.05, 4.69) is 20.4 Å². The molecule has 3 heterocycles. The van der Waals surface area contributed by atoms with Crippen molar-refractivity contribution < 1.29 is 43.5 Å². The van der Waals surface area contributed by atoms with Crippen molar-refractivity contribution in [3.8, 4) is 0 Å². The van der Waals surface area contributed by atoms with E-state index in [9.17, 15) is 29.2 Å². The number of aliphatic hydroxyl groups excluding tert-OH is 2. The number of carboxylic acids is 1. The Morgan fingerprint density at radius 2 is 2.03 bits per heavy atom. The molecule has 1 aliphatic carbocycles. The van der Waals surface area contributed by atoms with Crippen LogP contribution in [0.1, 0.15) is 31.9 Å². The van der Waals surface area contributed by atoms with E-state index in [4.69, 9.17) is 25.8 Å². The molecule has 4 N–H and O–H groups in total. The zero-order chi connectivity index (χ0) is 26.0. The molecule has 1 saturated heterocycles. The van der Waals surface area contributed by atoms with Gasteiger partial charge in [-0.1, -0.05) is 12.8 Å². The number of fused-ring (bicyclic) bond motifs is 1. The smallest absolute Gasteiger partial charge is 0.334 e. The normalized spacial score (nSPS) is 26.3. The first-order valence-electron chi connectivity index (χ1n) is 11.4. The second-order valence-corrected chi connectivity index (χ2v) is 10.3. The van der Waals surface area contributed by atoms with Gasteiger partial charge in [-0.3, -0.25) is 0 Å². The number of nitrogens with zero attached hydrogens (tertiary/aromatic N) is 4. The fourth-order valence-corrected chi connectivity index (χ4v) is 5.37. The van der Waals surface area contributed by atoms with E-state index in [1.807, 2.05) is 0 Å². The highest BCUT2D eigenvalue weighted by molar-refractivity contribution is 7.32. The molecule has 6 atom stereocenters. The van der Waals surface area contributed by atoms with Gasteiger partial charge >= 0.3 is 13.6 Å². The van der Waals surface area contributed by atoms with Crippen LogP contribution in [0.25, 0.3) is 11.0 Å². The number of carboxylic acid groups (broad SMARTS) is 1. The molecular weight excluding hydrogens is 521 g/mol. The Morgan fingerprint density at radius 3 is 2.67 bits per heavy atom. The fourth-order valence-electron chi connectivity index (χ4n) is 4.50. The molecule has 198 valence electrons. The molecule has 0 aromatic carbocycles. The number of ether oxygens (including phenoxy) is 3. The predicted octanol–water partition coefficient (Wildman–Crippen LogP) is 1.11. The maximum atomic E-state index is 11.6. The topological polar surface area (TPSA) is 195 Å². The van der Waals surface area contributed by atoms with Crippen LogP contribution in [0.15, 0.2) is 6.20 Å². The largest absolute Gasteiger partial charge is 0.479 e. The second-order valence-electron chi connectivity index (χ2n) is 8.74. The number of methoxy groups -OCH3 is 1. The molecule has 2 aromatic heterocycles. The Kier molecular flexibility index (Phi) is 8.56. The number of rotatable bonds is 11. The highest BCUT2D eigenvalue weighted by atomic mass is 35.5. The first-order valence-corrected chi connectivity index (χ1v) is 13.0. The number of halogens is 1. The summed E-state index contributed by atoms with van der Waals surface area (Å²) in [5.74, 6) is -1.02. The van der Waals surface area contributed by atoms with E-state index in [1.165, 1.54) is 18.0 Å². The molecular formula is C20H27ClN5O9P. The Morgan fingerprint density at radius 1 is 1.31 bits per heavy atom. The van der Waals surface area contributed by atoms with Crippen molar-refractivity contribution in [1.29, 1.82) is 0 Å². The van der Waals surface area contributed by atoms with Crippen LogP contribution < -0.4 is 5.32 Å². The van der Waals surface area contributed by atoms with Gasteiger partial charge in [-0.15, -0.1) is 0 Å². The van der Waals surface area contributed by atoms with Crippen LogP contribution in [-0.4, -0.2) is 97.5 Å². The Balaban J connectivity index is 1.52. The quantitative estimate of drug-likeness (QED) is 0.231. The van der Waals surface area contributed by atoms with Gasteiger partial charge in [0, 0.05) is 13.2 Å². The van der Waals surface area contributed by atoms with Gasteiger partial charge < -0.3 is 34.8 Å². The average Bonchev–Trinajstić information content (AvgIpc) is 3.54. The summed E-state index contributed by atoms with van der Waals surface area (Å²) in [5, 5.41) is 38.8. The van der Waals surface area contributed by atoms with Crippen LogP contribution in [0.2, 0.25) is 5.28 Å². The van der Waals surface area contributed by atoms with Crippen molar-refractivity contribution in [3.63, 3.8) is 0 Å². The zero-order valence-corrected chi connectivity index (χ0v) is 20.9. The molecule has 2 fully saturated rings. The van der Waals surface area contributed by atoms with Crippen molar-refractivity contribution >= 4 is 42.1 Å². The van der Waals surface area contributed by atoms with Crippen molar-refractivity contribution in [2.24, 2.45) is 0 Å². The lowest BCUT2D eigenvalue weighted by molar-refractivity contribution is -0.156. The van der Waals surface area contributed by atoms with Gasteiger partial charge in [0.15, 0.2) is 18.0 Å². The van der Waals surface area contributed by atoms with Crippen LogP contribution >= 0.6 is 19.3 Å². The predicted molar refractivity (Wildman–Crippen MR) is 123 cm³/mol. The molecule has 0 amide bonds. The maximum absolute atomic E-state index is 11.6. The average molecular weight is 548 g/mol. The molecule has 36 heavy (non-hydrogen) atoms. The minimum Gasteiger partial charge on any atom is -0.479 e. The molecule has 0 radical (unpaired) electrons. The third-order valence-electron chi connectivity index (χ3n) is 6.34. The summed E-state index contributed by atoms with van der Waals surface area (Å²) < 4.78 is 40.1. The molecule has 2 unspecified atom stereocenters. The number of aromatic nitrogens is 4. The summed E-state index contributed by atoms with van der Waals surface area (Å²) in [5.41, 5.74) is -1.19. The SMILES string of the molecule is COCC(C(OC[C@H]1O[C@@H](n2ncc3c(NC4CCCC4)nc(Cl)nc32)[C@H](O)[C@@H]1O)C(=O)O)P(=O)=O. The molecule has 0 bridgehead atoms. The van der Waals surface area contributed by atoms with E-state index >= 15 is 0 Å². The summed E-state index contributed by atoms with van der Waals surface area (Å²) in [4.78, 5) is 20.1. The second kappa shape index (κ2) is 11.5. The highest BCUT2D eigenvalue weighted by Gasteiger charge is 2.46. The number of hydrogen-bond acceptors (Lipinski definition) is 12. The molecule has 16 heteroatoms. The van der Waals surface area contributed by atoms with Gasteiger partial charge in [-0.05, 0) is 24.4 Å². The van der Waals surface area contributed by atoms with Crippen LogP contribution in [0.5, 0.6) is 0 Å². The third-order valence-corrected chi connectivity index (χ3v) is 7.47. The summed E-state index contributed by atoms with van der Waals surface area (Å²) >= 11 is 6.14. The van der Waals surface area contributed by atoms with E-state index < -0.39 is 63.2 Å². The van der Waals surface area contributed by atoms with Gasteiger partial charge in [0.1, 0.15) is 29.8 Å². The van der Waals surface area contributed by atoms with E-state index in [0.717, 1.165) is 25.7 Å². The standard InChI is InChI=1S/C20H27ClN5O9P/c1-33-8-12(36(31)32)15(19(29)30)34-7-11-13(27)14(28)18(35-11)26-17-10(6-22-26)16(24-20(21)25-17)23-9-4-2-3-5-9/h6,9,11-15,18,27-28H,2-5,7-8H2,1H3,(H,29,30)(H,23,24,25)/t11-,12?,13-,14-,15?,18-/m1/s1. The van der Waals surface area contributed by atoms with Crippen LogP contribution in [0.4, 0.5) is 5.82 Å². The molecule has 0 spiro atoms. The minimum atomic E-state index is -3.19. The summed E-state index contributed by atoms with van der Waals surface area (Å²) in [6.07, 6.45) is -1.40. The van der Waals surface area contributed by atoms with Gasteiger partial charge in [0.25, 0.3) is 0 Å². The highest BCUT2D eigenvalue weighted by Crippen LogP contribution is 2.34. The molecule has 2 aromatic rings. The van der Waals surface area contributed by atoms with Crippen LogP contribution in [-0.2, 0) is 28.1 Å². The van der Waals surface area contributed by atoms with Gasteiger partial charge in [0.05, 0.1) is 24.8 Å². The van der Waals surface area contributed by atoms with Crippen molar-refractivity contribution in [2.45, 2.75) is 68.0 Å². The minimum absolute atomic E-state index is 0.0436. The van der Waals surface area contributed by atoms with Crippen molar-refractivity contribution in [3.05, 3.63) is 11.5 Å². The first kappa shape index (κ1) is 26.9. The van der Waals surface area contributed by atoms with Crippen molar-refractivity contribution in [2.75, 3.05) is 25.6 Å². The zero-order valence-electron chi connectivity index (χ0n) is 19.3. The maximum Gasteiger partial charge on any atom is 0.334 e. The number of hydrogen-bond donors (Lipinski definition) is 4. The molecule has 14 nitrogen and oxygen atoms in total. The van der Waals surface area contributed by atoms with Crippen LogP contribution in [0, 0.1) is 0 Å². The lowest BCUT2D eigenvalue weighted by Gasteiger charge is -2.21. The number of aliphatic carboxylic acids is 1. The van der Waals surface area contributed by atoms with Crippen LogP contribution in [0.3, 0.4) is 0 Å². The number of aliphatic hydroxyl groups is 2. The summed E-state index contributed by atoms with van der Waals surface area (Å²) in [7, 11) is -1.96.